The highest BCUT2D eigenvalue weighted by molar-refractivity contribution is 5.64. The molecule has 4 heteroatoms. The van der Waals surface area contributed by atoms with Gasteiger partial charge in [-0.15, -0.1) is 0 Å². The number of nitrogens with zero attached hydrogens (tertiary/aromatic N) is 1. The third kappa shape index (κ3) is 2.38. The molecule has 2 rings (SSSR count). The van der Waals surface area contributed by atoms with E-state index in [4.69, 9.17) is 5.73 Å². The van der Waals surface area contributed by atoms with Gasteiger partial charge < -0.3 is 5.73 Å². The minimum Gasteiger partial charge on any atom is -0.324 e. The molecule has 1 heterocycles. The topological polar surface area (TPSA) is 38.9 Å². The lowest BCUT2D eigenvalue weighted by molar-refractivity contribution is 0.574. The maximum absolute atomic E-state index is 13.9. The van der Waals surface area contributed by atoms with Gasteiger partial charge in [0, 0.05) is 34.6 Å². The molecule has 0 spiro atoms. The van der Waals surface area contributed by atoms with E-state index in [0.29, 0.717) is 5.56 Å². The largest absolute Gasteiger partial charge is 0.324 e. The van der Waals surface area contributed by atoms with Gasteiger partial charge in [0.15, 0.2) is 0 Å². The molecule has 0 radical (unpaired) electrons. The number of benzene rings is 1. The molecule has 0 saturated heterocycles. The average molecular weight is 248 g/mol. The summed E-state index contributed by atoms with van der Waals surface area (Å²) >= 11 is 0. The summed E-state index contributed by atoms with van der Waals surface area (Å²) in [4.78, 5) is 4.07. The number of rotatable bonds is 2. The number of aryl methyl sites for hydroxylation is 1. The van der Waals surface area contributed by atoms with E-state index in [2.05, 4.69) is 4.98 Å². The maximum Gasteiger partial charge on any atom is 0.131 e. The summed E-state index contributed by atoms with van der Waals surface area (Å²) in [7, 11) is 0. The van der Waals surface area contributed by atoms with Crippen molar-refractivity contribution in [3.63, 3.8) is 0 Å². The van der Waals surface area contributed by atoms with Crippen LogP contribution in [0.3, 0.4) is 0 Å². The van der Waals surface area contributed by atoms with Crippen LogP contribution in [-0.2, 0) is 0 Å². The number of hydrogen-bond donors (Lipinski definition) is 1. The van der Waals surface area contributed by atoms with Gasteiger partial charge in [0.2, 0.25) is 0 Å². The Morgan fingerprint density at radius 2 is 1.89 bits per heavy atom. The van der Waals surface area contributed by atoms with Gasteiger partial charge in [-0.2, -0.15) is 0 Å². The highest BCUT2D eigenvalue weighted by Gasteiger charge is 2.14. The second-order valence-corrected chi connectivity index (χ2v) is 4.33. The lowest BCUT2D eigenvalue weighted by Crippen LogP contribution is -2.08. The van der Waals surface area contributed by atoms with Crippen molar-refractivity contribution in [3.8, 4) is 11.1 Å². The van der Waals surface area contributed by atoms with E-state index in [1.54, 1.807) is 19.1 Å². The molecule has 94 valence electrons. The van der Waals surface area contributed by atoms with Gasteiger partial charge in [-0.25, -0.2) is 8.78 Å². The molecule has 0 aliphatic carbocycles. The van der Waals surface area contributed by atoms with Crippen molar-refractivity contribution < 1.29 is 8.78 Å². The molecule has 18 heavy (non-hydrogen) atoms. The zero-order valence-electron chi connectivity index (χ0n) is 10.2. The fraction of sp³-hybridized carbons (Fsp3) is 0.214. The van der Waals surface area contributed by atoms with Crippen LogP contribution in [0.4, 0.5) is 8.78 Å². The standard InChI is InChI=1S/C14H14F2N2/c1-8-3-4-10(7-18-8)12-6-13(15)11(9(2)17)5-14(12)16/h3-7,9H,17H2,1-2H3/t9-/m0/s1. The number of aromatic nitrogens is 1. The van der Waals surface area contributed by atoms with Crippen LogP contribution in [0.25, 0.3) is 11.1 Å². The minimum atomic E-state index is -0.537. The summed E-state index contributed by atoms with van der Waals surface area (Å²) in [6, 6.07) is 5.25. The second kappa shape index (κ2) is 4.82. The third-order valence-corrected chi connectivity index (χ3v) is 2.80. The van der Waals surface area contributed by atoms with E-state index in [1.807, 2.05) is 6.92 Å². The molecule has 2 nitrogen and oxygen atoms in total. The van der Waals surface area contributed by atoms with Gasteiger partial charge >= 0.3 is 0 Å². The van der Waals surface area contributed by atoms with E-state index >= 15 is 0 Å². The Morgan fingerprint density at radius 3 is 2.44 bits per heavy atom. The van der Waals surface area contributed by atoms with E-state index in [9.17, 15) is 8.78 Å². The molecule has 1 aromatic heterocycles. The number of pyridine rings is 1. The molecule has 0 aliphatic rings. The monoisotopic (exact) mass is 248 g/mol. The lowest BCUT2D eigenvalue weighted by Gasteiger charge is -2.10. The Hall–Kier alpha value is -1.81. The quantitative estimate of drug-likeness (QED) is 0.885. The van der Waals surface area contributed by atoms with Crippen LogP contribution in [0.1, 0.15) is 24.2 Å². The minimum absolute atomic E-state index is 0.177. The summed E-state index contributed by atoms with van der Waals surface area (Å²) < 4.78 is 27.7. The summed E-state index contributed by atoms with van der Waals surface area (Å²) in [5, 5.41) is 0. The first kappa shape index (κ1) is 12.6. The van der Waals surface area contributed by atoms with Gasteiger partial charge in [0.05, 0.1) is 0 Å². The zero-order chi connectivity index (χ0) is 13.3. The molecule has 0 unspecified atom stereocenters. The fourth-order valence-corrected chi connectivity index (χ4v) is 1.76. The van der Waals surface area contributed by atoms with Crippen LogP contribution in [0, 0.1) is 18.6 Å². The molecule has 2 aromatic rings. The Balaban J connectivity index is 2.52. The van der Waals surface area contributed by atoms with Crippen LogP contribution >= 0.6 is 0 Å². The normalized spacial score (nSPS) is 12.5. The van der Waals surface area contributed by atoms with Gasteiger partial charge in [0.25, 0.3) is 0 Å². The van der Waals surface area contributed by atoms with Crippen LogP contribution in [0.2, 0.25) is 0 Å². The molecule has 1 aromatic carbocycles. The molecular formula is C14H14F2N2. The number of halogens is 2. The smallest absolute Gasteiger partial charge is 0.131 e. The summed E-state index contributed by atoms with van der Waals surface area (Å²) in [5.74, 6) is -0.990. The first-order valence-corrected chi connectivity index (χ1v) is 5.66. The molecule has 0 bridgehead atoms. The van der Waals surface area contributed by atoms with E-state index in [1.165, 1.54) is 12.3 Å². The summed E-state index contributed by atoms with van der Waals surface area (Å²) in [6.45, 7) is 3.45. The molecule has 0 fully saturated rings. The van der Waals surface area contributed by atoms with Gasteiger partial charge in [-0.1, -0.05) is 6.07 Å². The fourth-order valence-electron chi connectivity index (χ4n) is 1.76. The molecule has 0 saturated carbocycles. The van der Waals surface area contributed by atoms with Crippen LogP contribution in [0.5, 0.6) is 0 Å². The molecule has 1 atom stereocenters. The van der Waals surface area contributed by atoms with E-state index in [-0.39, 0.29) is 11.1 Å². The van der Waals surface area contributed by atoms with E-state index < -0.39 is 17.7 Å². The Labute approximate surface area is 104 Å². The van der Waals surface area contributed by atoms with Crippen molar-refractivity contribution >= 4 is 0 Å². The third-order valence-electron chi connectivity index (χ3n) is 2.80. The Kier molecular flexibility index (Phi) is 3.39. The van der Waals surface area contributed by atoms with Crippen molar-refractivity contribution in [2.24, 2.45) is 5.73 Å². The van der Waals surface area contributed by atoms with Gasteiger partial charge in [-0.05, 0) is 32.0 Å². The highest BCUT2D eigenvalue weighted by atomic mass is 19.1. The molecule has 0 amide bonds. The van der Waals surface area contributed by atoms with Crippen molar-refractivity contribution in [1.82, 2.24) is 4.98 Å². The van der Waals surface area contributed by atoms with Crippen molar-refractivity contribution in [2.45, 2.75) is 19.9 Å². The van der Waals surface area contributed by atoms with Crippen molar-refractivity contribution in [2.75, 3.05) is 0 Å². The van der Waals surface area contributed by atoms with Gasteiger partial charge in [-0.3, -0.25) is 4.98 Å². The maximum atomic E-state index is 13.9. The predicted molar refractivity (Wildman–Crippen MR) is 66.9 cm³/mol. The number of nitrogens with two attached hydrogens (primary N) is 1. The van der Waals surface area contributed by atoms with Crippen LogP contribution in [0.15, 0.2) is 30.5 Å². The van der Waals surface area contributed by atoms with E-state index in [0.717, 1.165) is 11.8 Å². The Bertz CT molecular complexity index is 563. The predicted octanol–water partition coefficient (Wildman–Crippen LogP) is 3.35. The first-order valence-electron chi connectivity index (χ1n) is 5.66. The Morgan fingerprint density at radius 1 is 1.17 bits per heavy atom. The van der Waals surface area contributed by atoms with Crippen molar-refractivity contribution in [1.29, 1.82) is 0 Å². The zero-order valence-corrected chi connectivity index (χ0v) is 10.2. The molecule has 0 aliphatic heterocycles. The highest BCUT2D eigenvalue weighted by Crippen LogP contribution is 2.27. The first-order chi connectivity index (χ1) is 8.49. The van der Waals surface area contributed by atoms with Gasteiger partial charge in [0.1, 0.15) is 11.6 Å². The van der Waals surface area contributed by atoms with Crippen LogP contribution < -0.4 is 5.73 Å². The van der Waals surface area contributed by atoms with Crippen LogP contribution in [-0.4, -0.2) is 4.98 Å². The SMILES string of the molecule is Cc1ccc(-c2cc(F)c([C@H](C)N)cc2F)cn1. The summed E-state index contributed by atoms with van der Waals surface area (Å²) in [6.07, 6.45) is 1.53. The molecular weight excluding hydrogens is 234 g/mol. The summed E-state index contributed by atoms with van der Waals surface area (Å²) in [5.41, 5.74) is 7.32. The lowest BCUT2D eigenvalue weighted by atomic mass is 10.0. The average Bonchev–Trinajstić information content (AvgIpc) is 2.32. The second-order valence-electron chi connectivity index (χ2n) is 4.33. The van der Waals surface area contributed by atoms with Crippen molar-refractivity contribution in [3.05, 3.63) is 53.4 Å². The number of hydrogen-bond acceptors (Lipinski definition) is 2. The molecule has 2 N–H and O–H groups in total.